The van der Waals surface area contributed by atoms with Crippen LogP contribution in [0.3, 0.4) is 0 Å². The molecule has 21 heavy (non-hydrogen) atoms. The third-order valence-electron chi connectivity index (χ3n) is 3.21. The van der Waals surface area contributed by atoms with E-state index in [1.54, 1.807) is 18.2 Å². The minimum Gasteiger partial charge on any atom is -0.364 e. The average molecular weight is 312 g/mol. The van der Waals surface area contributed by atoms with E-state index < -0.39 is 6.10 Å². The van der Waals surface area contributed by atoms with Gasteiger partial charge in [0.25, 0.3) is 5.91 Å². The van der Waals surface area contributed by atoms with Crippen molar-refractivity contribution in [3.63, 3.8) is 0 Å². The summed E-state index contributed by atoms with van der Waals surface area (Å²) in [5, 5.41) is 5.76. The smallest absolute Gasteiger partial charge is 0.253 e. The summed E-state index contributed by atoms with van der Waals surface area (Å²) in [6.45, 7) is 1.80. The second-order valence-corrected chi connectivity index (χ2v) is 5.33. The molecule has 2 amide bonds. The number of benzene rings is 1. The zero-order valence-corrected chi connectivity index (χ0v) is 12.4. The van der Waals surface area contributed by atoms with Crippen LogP contribution in [0.25, 0.3) is 0 Å². The summed E-state index contributed by atoms with van der Waals surface area (Å²) >= 11 is 5.98. The van der Waals surface area contributed by atoms with Gasteiger partial charge in [0, 0.05) is 19.2 Å². The fourth-order valence-electron chi connectivity index (χ4n) is 2.18. The van der Waals surface area contributed by atoms with Gasteiger partial charge in [0.15, 0.2) is 0 Å². The van der Waals surface area contributed by atoms with Crippen molar-refractivity contribution in [1.29, 1.82) is 0 Å². The lowest BCUT2D eigenvalue weighted by atomic mass is 10.2. The fraction of sp³-hybridized carbons (Fsp3) is 0.429. The lowest BCUT2D eigenvalue weighted by molar-refractivity contribution is -0.126. The first-order valence-electron chi connectivity index (χ1n) is 6.73. The molecule has 1 aliphatic rings. The highest BCUT2D eigenvalue weighted by molar-refractivity contribution is 6.33. The number of hydrogen-bond acceptors (Lipinski definition) is 4. The van der Waals surface area contributed by atoms with Crippen molar-refractivity contribution in [2.24, 2.45) is 5.73 Å². The molecule has 0 saturated carbocycles. The molecule has 1 heterocycles. The van der Waals surface area contributed by atoms with Gasteiger partial charge in [-0.3, -0.25) is 9.59 Å². The summed E-state index contributed by atoms with van der Waals surface area (Å²) in [7, 11) is 0. The second kappa shape index (κ2) is 6.89. The number of amides is 2. The Morgan fingerprint density at radius 1 is 1.38 bits per heavy atom. The molecule has 1 aliphatic heterocycles. The monoisotopic (exact) mass is 311 g/mol. The third-order valence-corrected chi connectivity index (χ3v) is 3.54. The summed E-state index contributed by atoms with van der Waals surface area (Å²) in [6, 6.07) is 4.89. The number of ether oxygens (including phenoxy) is 1. The SMILES string of the molecule is CC(=O)Nc1cc(NC(=O)[C@@H]2CC[C@H](CN)O2)ccc1Cl. The minimum absolute atomic E-state index is 0.0547. The van der Waals surface area contributed by atoms with Crippen molar-refractivity contribution in [2.45, 2.75) is 32.0 Å². The molecule has 0 radical (unpaired) electrons. The van der Waals surface area contributed by atoms with Gasteiger partial charge in [-0.25, -0.2) is 0 Å². The van der Waals surface area contributed by atoms with Gasteiger partial charge in [0.2, 0.25) is 5.91 Å². The summed E-state index contributed by atoms with van der Waals surface area (Å²) in [6.07, 6.45) is 0.894. The molecule has 1 aromatic rings. The van der Waals surface area contributed by atoms with E-state index in [0.29, 0.717) is 29.4 Å². The van der Waals surface area contributed by atoms with E-state index >= 15 is 0 Å². The van der Waals surface area contributed by atoms with Gasteiger partial charge < -0.3 is 21.1 Å². The Labute approximate surface area is 128 Å². The van der Waals surface area contributed by atoms with Gasteiger partial charge in [-0.05, 0) is 31.0 Å². The lowest BCUT2D eigenvalue weighted by Crippen LogP contribution is -2.29. The number of hydrogen-bond donors (Lipinski definition) is 3. The van der Waals surface area contributed by atoms with E-state index in [0.717, 1.165) is 6.42 Å². The zero-order chi connectivity index (χ0) is 15.4. The highest BCUT2D eigenvalue weighted by atomic mass is 35.5. The Bertz CT molecular complexity index is 550. The van der Waals surface area contributed by atoms with E-state index in [4.69, 9.17) is 22.1 Å². The van der Waals surface area contributed by atoms with Gasteiger partial charge in [0.05, 0.1) is 16.8 Å². The first-order chi connectivity index (χ1) is 9.99. The number of carbonyl (C=O) groups excluding carboxylic acids is 2. The Morgan fingerprint density at radius 3 is 2.76 bits per heavy atom. The number of rotatable bonds is 4. The molecule has 7 heteroatoms. The van der Waals surface area contributed by atoms with Gasteiger partial charge in [-0.15, -0.1) is 0 Å². The van der Waals surface area contributed by atoms with Crippen LogP contribution in [-0.4, -0.2) is 30.6 Å². The molecule has 1 aromatic carbocycles. The molecule has 2 atom stereocenters. The van der Waals surface area contributed by atoms with E-state index in [-0.39, 0.29) is 17.9 Å². The lowest BCUT2D eigenvalue weighted by Gasteiger charge is -2.14. The zero-order valence-electron chi connectivity index (χ0n) is 11.7. The maximum absolute atomic E-state index is 12.1. The first kappa shape index (κ1) is 15.8. The quantitative estimate of drug-likeness (QED) is 0.789. The van der Waals surface area contributed by atoms with E-state index in [1.165, 1.54) is 6.92 Å². The highest BCUT2D eigenvalue weighted by Crippen LogP contribution is 2.26. The predicted molar refractivity (Wildman–Crippen MR) is 81.3 cm³/mol. The van der Waals surface area contributed by atoms with Gasteiger partial charge in [-0.1, -0.05) is 11.6 Å². The molecular weight excluding hydrogens is 294 g/mol. The van der Waals surface area contributed by atoms with Crippen LogP contribution in [0.15, 0.2) is 18.2 Å². The van der Waals surface area contributed by atoms with Crippen LogP contribution in [0.2, 0.25) is 5.02 Å². The standard InChI is InChI=1S/C14H18ClN3O3/c1-8(19)17-12-6-9(2-4-11(12)15)18-14(20)13-5-3-10(7-16)21-13/h2,4,6,10,13H,3,5,7,16H2,1H3,(H,17,19)(H,18,20)/t10-,13+/m1/s1. The van der Waals surface area contributed by atoms with E-state index in [9.17, 15) is 9.59 Å². The predicted octanol–water partition coefficient (Wildman–Crippen LogP) is 1.74. The molecule has 0 aliphatic carbocycles. The van der Waals surface area contributed by atoms with Crippen molar-refractivity contribution >= 4 is 34.8 Å². The molecular formula is C14H18ClN3O3. The molecule has 0 spiro atoms. The van der Waals surface area contributed by atoms with Crippen molar-refractivity contribution < 1.29 is 14.3 Å². The van der Waals surface area contributed by atoms with Gasteiger partial charge in [0.1, 0.15) is 6.10 Å². The van der Waals surface area contributed by atoms with Crippen LogP contribution in [0.1, 0.15) is 19.8 Å². The van der Waals surface area contributed by atoms with Crippen molar-refractivity contribution in [1.82, 2.24) is 0 Å². The van der Waals surface area contributed by atoms with Gasteiger partial charge in [-0.2, -0.15) is 0 Å². The molecule has 0 aromatic heterocycles. The largest absolute Gasteiger partial charge is 0.364 e. The second-order valence-electron chi connectivity index (χ2n) is 4.92. The summed E-state index contributed by atoms with van der Waals surface area (Å²) < 4.78 is 5.53. The Balaban J connectivity index is 2.02. The molecule has 114 valence electrons. The number of nitrogens with one attached hydrogen (secondary N) is 2. The maximum atomic E-state index is 12.1. The van der Waals surface area contributed by atoms with Gasteiger partial charge >= 0.3 is 0 Å². The van der Waals surface area contributed by atoms with Crippen molar-refractivity contribution in [3.8, 4) is 0 Å². The van der Waals surface area contributed by atoms with E-state index in [1.807, 2.05) is 0 Å². The van der Waals surface area contributed by atoms with Crippen molar-refractivity contribution in [3.05, 3.63) is 23.2 Å². The van der Waals surface area contributed by atoms with Crippen molar-refractivity contribution in [2.75, 3.05) is 17.2 Å². The number of halogens is 1. The third kappa shape index (κ3) is 4.17. The minimum atomic E-state index is -0.488. The van der Waals surface area contributed by atoms with Crippen LogP contribution >= 0.6 is 11.6 Å². The van der Waals surface area contributed by atoms with Crippen LogP contribution < -0.4 is 16.4 Å². The Hall–Kier alpha value is -1.63. The summed E-state index contributed by atoms with van der Waals surface area (Å²) in [4.78, 5) is 23.2. The van der Waals surface area contributed by atoms with Crippen LogP contribution in [0.5, 0.6) is 0 Å². The fourth-order valence-corrected chi connectivity index (χ4v) is 2.35. The Kier molecular flexibility index (Phi) is 5.17. The normalized spacial score (nSPS) is 21.1. The van der Waals surface area contributed by atoms with Crippen LogP contribution in [0, 0.1) is 0 Å². The molecule has 1 fully saturated rings. The average Bonchev–Trinajstić information content (AvgIpc) is 2.91. The molecule has 6 nitrogen and oxygen atoms in total. The maximum Gasteiger partial charge on any atom is 0.253 e. The van der Waals surface area contributed by atoms with Crippen LogP contribution in [-0.2, 0) is 14.3 Å². The number of anilines is 2. The first-order valence-corrected chi connectivity index (χ1v) is 7.11. The number of carbonyl (C=O) groups is 2. The summed E-state index contributed by atoms with van der Waals surface area (Å²) in [5.74, 6) is -0.452. The Morgan fingerprint density at radius 2 is 2.14 bits per heavy atom. The topological polar surface area (TPSA) is 93.5 Å². The molecule has 2 rings (SSSR count). The summed E-state index contributed by atoms with van der Waals surface area (Å²) in [5.41, 5.74) is 6.52. The number of nitrogens with two attached hydrogens (primary N) is 1. The molecule has 1 saturated heterocycles. The highest BCUT2D eigenvalue weighted by Gasteiger charge is 2.29. The van der Waals surface area contributed by atoms with E-state index in [2.05, 4.69) is 10.6 Å². The molecule has 0 unspecified atom stereocenters. The van der Waals surface area contributed by atoms with Crippen LogP contribution in [0.4, 0.5) is 11.4 Å². The molecule has 0 bridgehead atoms. The molecule has 4 N–H and O–H groups in total.